The van der Waals surface area contributed by atoms with Gasteiger partial charge in [0.2, 0.25) is 47.3 Å². The number of hydrogen-bond donors (Lipinski definition) is 15. The summed E-state index contributed by atoms with van der Waals surface area (Å²) >= 11 is 0. The highest BCUT2D eigenvalue weighted by molar-refractivity contribution is 5.99. The standard InChI is InChI=1S/C44H66N10O15.CHF3.CH2O2/c1-3-4-5-6-7-8-9-16-34(57)50-29(18-25-22-47-27-14-11-10-13-26(25)27)40(64)51-30(19-33(46)56)41(65)52-31(20-36(59)60)42(66)54-38(24(2)55)43(67)48-23-35(58)49-28(15-12-17-45)39(63)53-32(44(68)69)21-37(61)62;2-1(3)4;2-1-3/h10-11,13-14,22,24,28-32,38,47,55H,3-9,12,15-21,23,45H2,1-2H3,(H2,46,56)(H,48,67)(H,49,58)(H,50,57)(H,51,64)(H,52,65)(H,53,63)(H,54,66)(H,59,60)(H,61,62)(H,68,69);1H;1H,(H,2,3)/t24?,28-,29-,30+,31-,32?,38?;;/m0../s1. The number of nitrogens with one attached hydrogen (secondary N) is 8. The van der Waals surface area contributed by atoms with Crippen molar-refractivity contribution >= 4 is 82.5 Å². The van der Waals surface area contributed by atoms with Gasteiger partial charge in [-0.05, 0) is 44.4 Å². The number of hydrogen-bond acceptors (Lipinski definition) is 14. The average molecular weight is 1090 g/mol. The fraction of sp³-hybridized carbons (Fsp3) is 0.565. The highest BCUT2D eigenvalue weighted by Crippen LogP contribution is 2.20. The topological polar surface area (TPSA) is 458 Å². The predicted molar refractivity (Wildman–Crippen MR) is 261 cm³/mol. The van der Waals surface area contributed by atoms with E-state index in [-0.39, 0.29) is 38.7 Å². The molecule has 0 aliphatic heterocycles. The SMILES string of the molecule is CCCCCCCCCC(=O)N[C@@H](Cc1c[nH]c2ccccc12)C(=O)N[C@H](CC(N)=O)C(=O)N[C@@H](CC(=O)O)C(=O)NC(C(=O)NCC(=O)N[C@@H](CCCN)C(=O)NC(CC(=O)O)C(=O)O)C(C)O.FC(F)F.O=CO. The number of aliphatic hydroxyl groups is 1. The van der Waals surface area contributed by atoms with Crippen LogP contribution in [0.2, 0.25) is 0 Å². The molecule has 2 aromatic rings. The maximum absolute atomic E-state index is 13.9. The lowest BCUT2D eigenvalue weighted by Crippen LogP contribution is -2.61. The highest BCUT2D eigenvalue weighted by Gasteiger charge is 2.35. The Hall–Kier alpha value is -7.89. The van der Waals surface area contributed by atoms with Crippen LogP contribution >= 0.6 is 0 Å². The van der Waals surface area contributed by atoms with E-state index in [0.29, 0.717) is 12.0 Å². The molecule has 8 amide bonds. The number of halogens is 3. The van der Waals surface area contributed by atoms with E-state index >= 15 is 0 Å². The van der Waals surface area contributed by atoms with Crippen LogP contribution in [0.3, 0.4) is 0 Å². The Morgan fingerprint density at radius 2 is 1.14 bits per heavy atom. The minimum absolute atomic E-state index is 0.0411. The van der Waals surface area contributed by atoms with E-state index in [4.69, 9.17) is 26.5 Å². The number of nitrogens with two attached hydrogens (primary N) is 2. The number of H-pyrrole nitrogens is 1. The van der Waals surface area contributed by atoms with Crippen LogP contribution in [-0.4, -0.2) is 164 Å². The number of aliphatic carboxylic acids is 3. The van der Waals surface area contributed by atoms with Gasteiger partial charge in [-0.15, -0.1) is 0 Å². The second-order valence-electron chi connectivity index (χ2n) is 16.8. The Bertz CT molecular complexity index is 2230. The minimum atomic E-state index is -3.67. The second kappa shape index (κ2) is 37.8. The molecule has 426 valence electrons. The highest BCUT2D eigenvalue weighted by atomic mass is 19.4. The fourth-order valence-electron chi connectivity index (χ4n) is 7.00. The van der Waals surface area contributed by atoms with Crippen molar-refractivity contribution in [1.82, 2.24) is 42.2 Å². The van der Waals surface area contributed by atoms with Gasteiger partial charge in [-0.2, -0.15) is 13.2 Å². The number of aromatic amines is 1. The molecule has 0 fully saturated rings. The number of para-hydroxylation sites is 1. The number of aromatic nitrogens is 1. The second-order valence-corrected chi connectivity index (χ2v) is 16.8. The zero-order valence-electron chi connectivity index (χ0n) is 41.8. The van der Waals surface area contributed by atoms with E-state index in [0.717, 1.165) is 56.4 Å². The molecule has 30 heteroatoms. The van der Waals surface area contributed by atoms with Crippen LogP contribution in [0.15, 0.2) is 30.5 Å². The number of carboxylic acid groups (broad SMARTS) is 4. The molecule has 27 nitrogen and oxygen atoms in total. The van der Waals surface area contributed by atoms with E-state index in [2.05, 4.69) is 43.8 Å². The number of alkyl halides is 3. The molecule has 0 spiro atoms. The van der Waals surface area contributed by atoms with Crippen LogP contribution in [0.25, 0.3) is 10.9 Å². The Kier molecular flexibility index (Phi) is 33.9. The Balaban J connectivity index is 0.00000755. The molecule has 0 aliphatic rings. The smallest absolute Gasteiger partial charge is 0.379 e. The molecule has 3 unspecified atom stereocenters. The Morgan fingerprint density at radius 3 is 1.68 bits per heavy atom. The first-order chi connectivity index (χ1) is 35.8. The normalized spacial score (nSPS) is 13.4. The summed E-state index contributed by atoms with van der Waals surface area (Å²) in [6.45, 7) is -1.61. The zero-order chi connectivity index (χ0) is 57.9. The maximum Gasteiger partial charge on any atom is 0.379 e. The summed E-state index contributed by atoms with van der Waals surface area (Å²) in [6.07, 6.45) is 3.64. The molecule has 17 N–H and O–H groups in total. The molecule has 1 aromatic carbocycles. The molecule has 0 saturated carbocycles. The molecule has 7 atom stereocenters. The molecule has 2 rings (SSSR count). The summed E-state index contributed by atoms with van der Waals surface area (Å²) in [7, 11) is 0. The lowest BCUT2D eigenvalue weighted by atomic mass is 10.0. The lowest BCUT2D eigenvalue weighted by molar-refractivity contribution is -0.147. The van der Waals surface area contributed by atoms with Crippen LogP contribution in [0.5, 0.6) is 0 Å². The molecular weight excluding hydrogens is 1020 g/mol. The van der Waals surface area contributed by atoms with Crippen LogP contribution in [0, 0.1) is 0 Å². The van der Waals surface area contributed by atoms with Crippen molar-refractivity contribution in [2.45, 2.75) is 153 Å². The average Bonchev–Trinajstić information content (AvgIpc) is 3.74. The summed E-state index contributed by atoms with van der Waals surface area (Å²) in [6, 6.07) is -3.13. The Morgan fingerprint density at radius 1 is 0.658 bits per heavy atom. The van der Waals surface area contributed by atoms with Crippen molar-refractivity contribution < 1.29 is 96.2 Å². The van der Waals surface area contributed by atoms with Crippen molar-refractivity contribution in [3.8, 4) is 0 Å². The molecule has 0 aliphatic carbocycles. The monoisotopic (exact) mass is 1090 g/mol. The number of rotatable bonds is 34. The number of carbonyl (C=O) groups is 12. The molecule has 76 heavy (non-hydrogen) atoms. The summed E-state index contributed by atoms with van der Waals surface area (Å²) in [5.74, 6) is -13.2. The summed E-state index contributed by atoms with van der Waals surface area (Å²) < 4.78 is 29.0. The first-order valence-corrected chi connectivity index (χ1v) is 23.8. The number of aliphatic hydroxyl groups excluding tert-OH is 1. The fourth-order valence-corrected chi connectivity index (χ4v) is 7.00. The van der Waals surface area contributed by atoms with Crippen LogP contribution < -0.4 is 48.7 Å². The molecule has 1 heterocycles. The van der Waals surface area contributed by atoms with Gasteiger partial charge in [0.15, 0.2) is 0 Å². The van der Waals surface area contributed by atoms with E-state index in [1.54, 1.807) is 30.5 Å². The van der Waals surface area contributed by atoms with E-state index < -0.39 is 140 Å². The third-order valence-corrected chi connectivity index (χ3v) is 10.6. The number of amides is 8. The molecule has 0 radical (unpaired) electrons. The van der Waals surface area contributed by atoms with Crippen LogP contribution in [-0.2, 0) is 64.0 Å². The number of unbranched alkanes of at least 4 members (excludes halogenated alkanes) is 6. The van der Waals surface area contributed by atoms with Crippen molar-refractivity contribution in [1.29, 1.82) is 0 Å². The van der Waals surface area contributed by atoms with Gasteiger partial charge in [0.05, 0.1) is 31.9 Å². The number of carboxylic acids is 3. The summed E-state index contributed by atoms with van der Waals surface area (Å²) in [5, 5.41) is 61.7. The van der Waals surface area contributed by atoms with Crippen molar-refractivity contribution in [3.05, 3.63) is 36.0 Å². The maximum atomic E-state index is 13.9. The third kappa shape index (κ3) is 29.1. The lowest BCUT2D eigenvalue weighted by Gasteiger charge is -2.26. The van der Waals surface area contributed by atoms with Gasteiger partial charge in [0, 0.05) is 29.9 Å². The number of fused-ring (bicyclic) bond motifs is 1. The summed E-state index contributed by atoms with van der Waals surface area (Å²) in [4.78, 5) is 151. The van der Waals surface area contributed by atoms with E-state index in [1.807, 2.05) is 5.32 Å². The number of carbonyl (C=O) groups excluding carboxylic acids is 8. The number of benzene rings is 1. The van der Waals surface area contributed by atoms with E-state index in [9.17, 15) is 81.2 Å². The molecular formula is C46H69F3N10O17. The van der Waals surface area contributed by atoms with Gasteiger partial charge in [-0.1, -0.05) is 63.6 Å². The van der Waals surface area contributed by atoms with Gasteiger partial charge in [0.25, 0.3) is 6.47 Å². The van der Waals surface area contributed by atoms with E-state index in [1.165, 1.54) is 0 Å². The summed E-state index contributed by atoms with van der Waals surface area (Å²) in [5.41, 5.74) is 12.3. The first kappa shape index (κ1) is 68.1. The van der Waals surface area contributed by atoms with Crippen molar-refractivity contribution in [2.75, 3.05) is 13.1 Å². The van der Waals surface area contributed by atoms with Gasteiger partial charge < -0.3 is 79.2 Å². The molecule has 0 bridgehead atoms. The predicted octanol–water partition coefficient (Wildman–Crippen LogP) is -1.22. The van der Waals surface area contributed by atoms with Crippen molar-refractivity contribution in [3.63, 3.8) is 0 Å². The molecule has 1 aromatic heterocycles. The van der Waals surface area contributed by atoms with Gasteiger partial charge in [-0.3, -0.25) is 52.7 Å². The third-order valence-electron chi connectivity index (χ3n) is 10.6. The zero-order valence-corrected chi connectivity index (χ0v) is 41.8. The van der Waals surface area contributed by atoms with Gasteiger partial charge in [-0.25, -0.2) is 4.79 Å². The first-order valence-electron chi connectivity index (χ1n) is 23.8. The van der Waals surface area contributed by atoms with Gasteiger partial charge in [0.1, 0.15) is 36.3 Å². The van der Waals surface area contributed by atoms with Gasteiger partial charge >= 0.3 is 24.6 Å². The number of primary amides is 1. The van der Waals surface area contributed by atoms with Crippen molar-refractivity contribution in [2.24, 2.45) is 11.5 Å². The van der Waals surface area contributed by atoms with Crippen LogP contribution in [0.4, 0.5) is 13.2 Å². The van der Waals surface area contributed by atoms with Crippen LogP contribution in [0.1, 0.15) is 103 Å². The Labute approximate surface area is 433 Å². The largest absolute Gasteiger partial charge is 0.483 e. The quantitative estimate of drug-likeness (QED) is 0.0289. The minimum Gasteiger partial charge on any atom is -0.483 e. The molecule has 0 saturated heterocycles.